The van der Waals surface area contributed by atoms with E-state index in [2.05, 4.69) is 20.5 Å². The predicted octanol–water partition coefficient (Wildman–Crippen LogP) is 3.47. The highest BCUT2D eigenvalue weighted by Gasteiger charge is 2.22. The van der Waals surface area contributed by atoms with Gasteiger partial charge in [-0.3, -0.25) is 0 Å². The molecule has 0 saturated carbocycles. The molecule has 1 aliphatic rings. The number of anilines is 3. The number of nitrogens with zero attached hydrogens (tertiary/aromatic N) is 4. The zero-order chi connectivity index (χ0) is 20.4. The lowest BCUT2D eigenvalue weighted by Gasteiger charge is -2.29. The van der Waals surface area contributed by atoms with Gasteiger partial charge in [0.15, 0.2) is 17.3 Å². The second-order valence-corrected chi connectivity index (χ2v) is 6.54. The summed E-state index contributed by atoms with van der Waals surface area (Å²) in [5.74, 6) is 0.739. The first kappa shape index (κ1) is 18.9. The lowest BCUT2D eigenvalue weighted by molar-refractivity contribution is 0.353. The number of ether oxygens (including phenoxy) is 2. The van der Waals surface area contributed by atoms with Gasteiger partial charge in [-0.25, -0.2) is 8.78 Å². The summed E-state index contributed by atoms with van der Waals surface area (Å²) in [6.45, 7) is 1.27. The predicted molar refractivity (Wildman–Crippen MR) is 104 cm³/mol. The average molecular weight is 399 g/mol. The number of methoxy groups -OCH3 is 2. The van der Waals surface area contributed by atoms with Gasteiger partial charge in [-0.2, -0.15) is 10.1 Å². The minimum Gasteiger partial charge on any atom is -0.493 e. The molecule has 0 bridgehead atoms. The highest BCUT2D eigenvalue weighted by molar-refractivity contribution is 5.57. The van der Waals surface area contributed by atoms with E-state index in [1.54, 1.807) is 14.2 Å². The van der Waals surface area contributed by atoms with Crippen LogP contribution in [-0.4, -0.2) is 35.9 Å². The molecule has 2 heterocycles. The van der Waals surface area contributed by atoms with Crippen LogP contribution in [0.25, 0.3) is 0 Å². The third kappa shape index (κ3) is 3.89. The van der Waals surface area contributed by atoms with Gasteiger partial charge in [-0.15, -0.1) is 5.10 Å². The first-order chi connectivity index (χ1) is 14.1. The van der Waals surface area contributed by atoms with Crippen LogP contribution in [0.4, 0.5) is 26.2 Å². The van der Waals surface area contributed by atoms with Gasteiger partial charge < -0.3 is 19.7 Å². The third-order valence-electron chi connectivity index (χ3n) is 4.74. The highest BCUT2D eigenvalue weighted by Crippen LogP contribution is 2.34. The molecule has 150 valence electrons. The summed E-state index contributed by atoms with van der Waals surface area (Å²) in [4.78, 5) is 6.41. The fraction of sp³-hybridized carbons (Fsp3) is 0.250. The Balaban J connectivity index is 1.56. The number of fused-ring (bicyclic) bond motifs is 1. The second-order valence-electron chi connectivity index (χ2n) is 6.54. The van der Waals surface area contributed by atoms with Gasteiger partial charge in [0.2, 0.25) is 5.95 Å². The van der Waals surface area contributed by atoms with Crippen molar-refractivity contribution in [3.63, 3.8) is 0 Å². The Hall–Kier alpha value is -3.49. The Bertz CT molecular complexity index is 1050. The van der Waals surface area contributed by atoms with Crippen LogP contribution in [0.3, 0.4) is 0 Å². The van der Waals surface area contributed by atoms with Gasteiger partial charge in [-0.1, -0.05) is 0 Å². The molecule has 0 fully saturated rings. The average Bonchev–Trinajstić information content (AvgIpc) is 2.74. The molecule has 1 aliphatic heterocycles. The maximum Gasteiger partial charge on any atom is 0.247 e. The van der Waals surface area contributed by atoms with Gasteiger partial charge in [0, 0.05) is 19.2 Å². The van der Waals surface area contributed by atoms with E-state index in [1.165, 1.54) is 23.9 Å². The fourth-order valence-corrected chi connectivity index (χ4v) is 3.27. The molecule has 0 spiro atoms. The van der Waals surface area contributed by atoms with Crippen LogP contribution in [0.15, 0.2) is 36.5 Å². The van der Waals surface area contributed by atoms with Crippen molar-refractivity contribution in [2.24, 2.45) is 0 Å². The molecule has 7 nitrogen and oxygen atoms in total. The van der Waals surface area contributed by atoms with Crippen LogP contribution in [0.1, 0.15) is 11.1 Å². The summed E-state index contributed by atoms with van der Waals surface area (Å²) in [5, 5.41) is 10.9. The summed E-state index contributed by atoms with van der Waals surface area (Å²) in [5.41, 5.74) is 2.37. The van der Waals surface area contributed by atoms with Crippen LogP contribution in [-0.2, 0) is 13.0 Å². The van der Waals surface area contributed by atoms with E-state index in [1.807, 2.05) is 17.0 Å². The molecular formula is C20H19F2N5O2. The number of hydrogen-bond acceptors (Lipinski definition) is 7. The number of aromatic nitrogens is 3. The summed E-state index contributed by atoms with van der Waals surface area (Å²) in [7, 11) is 3.21. The van der Waals surface area contributed by atoms with Gasteiger partial charge in [0.25, 0.3) is 0 Å². The molecule has 0 saturated heterocycles. The standard InChI is InChI=1S/C20H19F2N5O2/c1-28-17-7-12-5-6-27(11-13(12)8-18(17)29-2)20-25-19(10-23-26-20)24-16-4-3-14(21)9-15(16)22/h3-4,7-10H,5-6,11H2,1-2H3,(H,24,25,26). The number of nitrogens with one attached hydrogen (secondary N) is 1. The Kier molecular flexibility index (Phi) is 5.11. The van der Waals surface area contributed by atoms with Crippen molar-refractivity contribution < 1.29 is 18.3 Å². The van der Waals surface area contributed by atoms with Crippen molar-refractivity contribution in [2.75, 3.05) is 31.0 Å². The molecule has 0 amide bonds. The molecule has 9 heteroatoms. The van der Waals surface area contributed by atoms with Crippen molar-refractivity contribution in [2.45, 2.75) is 13.0 Å². The van der Waals surface area contributed by atoms with E-state index >= 15 is 0 Å². The number of hydrogen-bond donors (Lipinski definition) is 1. The Morgan fingerprint density at radius 2 is 1.79 bits per heavy atom. The third-order valence-corrected chi connectivity index (χ3v) is 4.74. The zero-order valence-corrected chi connectivity index (χ0v) is 15.9. The van der Waals surface area contributed by atoms with E-state index in [4.69, 9.17) is 9.47 Å². The van der Waals surface area contributed by atoms with Crippen molar-refractivity contribution in [3.05, 3.63) is 59.3 Å². The smallest absolute Gasteiger partial charge is 0.247 e. The van der Waals surface area contributed by atoms with E-state index in [0.29, 0.717) is 36.4 Å². The summed E-state index contributed by atoms with van der Waals surface area (Å²) in [6.07, 6.45) is 2.17. The molecule has 0 radical (unpaired) electrons. The number of rotatable bonds is 5. The SMILES string of the molecule is COc1cc2c(cc1OC)CN(c1nncc(Nc3ccc(F)cc3F)n1)CC2. The summed E-state index contributed by atoms with van der Waals surface area (Å²) >= 11 is 0. The van der Waals surface area contributed by atoms with E-state index in [-0.39, 0.29) is 5.69 Å². The van der Waals surface area contributed by atoms with E-state index < -0.39 is 11.6 Å². The molecular weight excluding hydrogens is 380 g/mol. The van der Waals surface area contributed by atoms with Crippen LogP contribution in [0.2, 0.25) is 0 Å². The van der Waals surface area contributed by atoms with Crippen molar-refractivity contribution in [3.8, 4) is 11.5 Å². The lowest BCUT2D eigenvalue weighted by atomic mass is 9.99. The molecule has 1 aromatic heterocycles. The topological polar surface area (TPSA) is 72.4 Å². The molecule has 0 unspecified atom stereocenters. The van der Waals surface area contributed by atoms with Gasteiger partial charge in [0.05, 0.1) is 26.1 Å². The molecule has 2 aromatic carbocycles. The van der Waals surface area contributed by atoms with Crippen molar-refractivity contribution >= 4 is 17.5 Å². The van der Waals surface area contributed by atoms with Crippen LogP contribution in [0.5, 0.6) is 11.5 Å². The maximum absolute atomic E-state index is 13.9. The van der Waals surface area contributed by atoms with Crippen LogP contribution >= 0.6 is 0 Å². The van der Waals surface area contributed by atoms with Gasteiger partial charge >= 0.3 is 0 Å². The van der Waals surface area contributed by atoms with Gasteiger partial charge in [0.1, 0.15) is 11.6 Å². The molecule has 29 heavy (non-hydrogen) atoms. The van der Waals surface area contributed by atoms with Crippen LogP contribution in [0, 0.1) is 11.6 Å². The van der Waals surface area contributed by atoms with E-state index in [0.717, 1.165) is 18.1 Å². The Morgan fingerprint density at radius 3 is 2.52 bits per heavy atom. The lowest BCUT2D eigenvalue weighted by Crippen LogP contribution is -2.32. The fourth-order valence-electron chi connectivity index (χ4n) is 3.27. The molecule has 1 N–H and O–H groups in total. The quantitative estimate of drug-likeness (QED) is 0.704. The molecule has 4 rings (SSSR count). The molecule has 3 aromatic rings. The highest BCUT2D eigenvalue weighted by atomic mass is 19.1. The second kappa shape index (κ2) is 7.86. The first-order valence-electron chi connectivity index (χ1n) is 8.98. The maximum atomic E-state index is 13.9. The monoisotopic (exact) mass is 399 g/mol. The van der Waals surface area contributed by atoms with E-state index in [9.17, 15) is 8.78 Å². The normalized spacial score (nSPS) is 13.0. The molecule has 0 aliphatic carbocycles. The minimum absolute atomic E-state index is 0.110. The molecule has 0 atom stereocenters. The minimum atomic E-state index is -0.710. The summed E-state index contributed by atoms with van der Waals surface area (Å²) in [6, 6.07) is 7.22. The number of benzene rings is 2. The largest absolute Gasteiger partial charge is 0.493 e. The number of halogens is 2. The summed E-state index contributed by atoms with van der Waals surface area (Å²) < 4.78 is 37.7. The Morgan fingerprint density at radius 1 is 1.03 bits per heavy atom. The van der Waals surface area contributed by atoms with Crippen molar-refractivity contribution in [1.82, 2.24) is 15.2 Å². The van der Waals surface area contributed by atoms with Gasteiger partial charge in [-0.05, 0) is 41.8 Å². The van der Waals surface area contributed by atoms with Crippen LogP contribution < -0.4 is 19.7 Å². The zero-order valence-electron chi connectivity index (χ0n) is 15.9. The van der Waals surface area contributed by atoms with Crippen molar-refractivity contribution in [1.29, 1.82) is 0 Å². The Labute approximate surface area is 166 Å². The first-order valence-corrected chi connectivity index (χ1v) is 8.98.